The van der Waals surface area contributed by atoms with Crippen LogP contribution in [0.3, 0.4) is 0 Å². The van der Waals surface area contributed by atoms with Crippen molar-refractivity contribution in [2.75, 3.05) is 13.1 Å². The molecular weight excluding hydrogens is 352 g/mol. The van der Waals surface area contributed by atoms with Crippen LogP contribution >= 0.6 is 0 Å². The molecule has 4 rings (SSSR count). The van der Waals surface area contributed by atoms with E-state index in [0.717, 1.165) is 25.9 Å². The van der Waals surface area contributed by atoms with Crippen molar-refractivity contribution in [2.45, 2.75) is 25.7 Å². The van der Waals surface area contributed by atoms with Crippen LogP contribution in [-0.2, 0) is 0 Å². The van der Waals surface area contributed by atoms with E-state index in [1.54, 1.807) is 47.0 Å². The van der Waals surface area contributed by atoms with Crippen molar-refractivity contribution in [3.63, 3.8) is 0 Å². The number of benzene rings is 1. The first kappa shape index (κ1) is 17.9. The molecule has 0 spiro atoms. The Kier molecular flexibility index (Phi) is 4.90. The molecule has 3 aromatic rings. The van der Waals surface area contributed by atoms with E-state index >= 15 is 0 Å². The second-order valence-corrected chi connectivity index (χ2v) is 7.01. The van der Waals surface area contributed by atoms with Crippen molar-refractivity contribution in [3.8, 4) is 6.07 Å². The van der Waals surface area contributed by atoms with Crippen molar-refractivity contribution in [2.24, 2.45) is 0 Å². The molecule has 0 saturated carbocycles. The molecule has 1 aliphatic heterocycles. The standard InChI is InChI=1S/C22H20N4O2/c23-13-16-5-10-20-24-14-19(26(20)15-16)21(27)17-6-8-18(9-7-17)22(28)25-11-3-1-2-4-12-25/h5-10,14-15H,1-4,11-12H2. The third kappa shape index (κ3) is 3.39. The predicted molar refractivity (Wildman–Crippen MR) is 104 cm³/mol. The molecule has 28 heavy (non-hydrogen) atoms. The van der Waals surface area contributed by atoms with E-state index < -0.39 is 0 Å². The van der Waals surface area contributed by atoms with E-state index in [1.807, 2.05) is 4.90 Å². The third-order valence-corrected chi connectivity index (χ3v) is 5.15. The number of hydrogen-bond donors (Lipinski definition) is 0. The van der Waals surface area contributed by atoms with Gasteiger partial charge < -0.3 is 4.90 Å². The summed E-state index contributed by atoms with van der Waals surface area (Å²) in [5.41, 5.74) is 2.53. The Morgan fingerprint density at radius 3 is 2.29 bits per heavy atom. The Morgan fingerprint density at radius 1 is 0.929 bits per heavy atom. The monoisotopic (exact) mass is 372 g/mol. The molecule has 0 N–H and O–H groups in total. The molecule has 2 aromatic heterocycles. The molecule has 1 aliphatic rings. The number of fused-ring (bicyclic) bond motifs is 1. The van der Waals surface area contributed by atoms with E-state index in [1.165, 1.54) is 19.0 Å². The lowest BCUT2D eigenvalue weighted by molar-refractivity contribution is 0.0761. The number of carbonyl (C=O) groups excluding carboxylic acids is 2. The van der Waals surface area contributed by atoms with Crippen LogP contribution < -0.4 is 0 Å². The van der Waals surface area contributed by atoms with E-state index in [4.69, 9.17) is 5.26 Å². The second-order valence-electron chi connectivity index (χ2n) is 7.01. The minimum atomic E-state index is -0.198. The van der Waals surface area contributed by atoms with Crippen LogP contribution in [-0.4, -0.2) is 39.1 Å². The lowest BCUT2D eigenvalue weighted by atomic mass is 10.1. The Balaban J connectivity index is 1.58. The minimum absolute atomic E-state index is 0.0226. The first-order valence-electron chi connectivity index (χ1n) is 9.48. The van der Waals surface area contributed by atoms with Crippen molar-refractivity contribution in [1.82, 2.24) is 14.3 Å². The molecule has 3 heterocycles. The molecule has 140 valence electrons. The maximum atomic E-state index is 12.9. The van der Waals surface area contributed by atoms with Crippen LogP contribution in [0.2, 0.25) is 0 Å². The van der Waals surface area contributed by atoms with Gasteiger partial charge in [-0.05, 0) is 37.1 Å². The van der Waals surface area contributed by atoms with Gasteiger partial charge in [0.1, 0.15) is 17.4 Å². The molecule has 1 fully saturated rings. The Morgan fingerprint density at radius 2 is 1.61 bits per heavy atom. The molecule has 0 radical (unpaired) electrons. The number of hydrogen-bond acceptors (Lipinski definition) is 4. The van der Waals surface area contributed by atoms with Crippen LogP contribution in [0.1, 0.15) is 57.7 Å². The molecule has 1 amide bonds. The van der Waals surface area contributed by atoms with Gasteiger partial charge in [-0.15, -0.1) is 0 Å². The zero-order valence-corrected chi connectivity index (χ0v) is 15.5. The number of rotatable bonds is 3. The maximum absolute atomic E-state index is 12.9. The number of carbonyl (C=O) groups is 2. The van der Waals surface area contributed by atoms with Gasteiger partial charge in [-0.3, -0.25) is 14.0 Å². The number of pyridine rings is 1. The number of imidazole rings is 1. The average molecular weight is 372 g/mol. The highest BCUT2D eigenvalue weighted by atomic mass is 16.2. The smallest absolute Gasteiger partial charge is 0.253 e. The van der Waals surface area contributed by atoms with Crippen molar-refractivity contribution >= 4 is 17.3 Å². The molecule has 0 unspecified atom stereocenters. The SMILES string of the molecule is N#Cc1ccc2ncc(C(=O)c3ccc(C(=O)N4CCCCCC4)cc3)n2c1. The molecule has 0 aliphatic carbocycles. The molecule has 6 nitrogen and oxygen atoms in total. The Hall–Kier alpha value is -3.46. The van der Waals surface area contributed by atoms with E-state index in [-0.39, 0.29) is 11.7 Å². The molecule has 1 saturated heterocycles. The van der Waals surface area contributed by atoms with Gasteiger partial charge in [-0.1, -0.05) is 25.0 Å². The fraction of sp³-hybridized carbons (Fsp3) is 0.273. The van der Waals surface area contributed by atoms with Crippen molar-refractivity contribution in [1.29, 1.82) is 5.26 Å². The predicted octanol–water partition coefficient (Wildman–Crippen LogP) is 3.45. The lowest BCUT2D eigenvalue weighted by Crippen LogP contribution is -2.31. The number of amides is 1. The third-order valence-electron chi connectivity index (χ3n) is 5.15. The first-order chi connectivity index (χ1) is 13.7. The summed E-state index contributed by atoms with van der Waals surface area (Å²) in [7, 11) is 0. The maximum Gasteiger partial charge on any atom is 0.253 e. The number of ketones is 1. The first-order valence-corrected chi connectivity index (χ1v) is 9.48. The van der Waals surface area contributed by atoms with Gasteiger partial charge in [0.05, 0.1) is 11.8 Å². The van der Waals surface area contributed by atoms with Crippen LogP contribution in [0.4, 0.5) is 0 Å². The summed E-state index contributed by atoms with van der Waals surface area (Å²) >= 11 is 0. The summed E-state index contributed by atoms with van der Waals surface area (Å²) < 4.78 is 1.62. The van der Waals surface area contributed by atoms with Gasteiger partial charge in [0, 0.05) is 30.4 Å². The second kappa shape index (κ2) is 7.65. The van der Waals surface area contributed by atoms with Crippen LogP contribution in [0, 0.1) is 11.3 Å². The molecule has 1 aromatic carbocycles. The zero-order chi connectivity index (χ0) is 19.5. The summed E-state index contributed by atoms with van der Waals surface area (Å²) in [5, 5.41) is 9.08. The van der Waals surface area contributed by atoms with E-state index in [2.05, 4.69) is 11.1 Å². The summed E-state index contributed by atoms with van der Waals surface area (Å²) in [5.74, 6) is -0.175. The summed E-state index contributed by atoms with van der Waals surface area (Å²) in [4.78, 5) is 31.7. The zero-order valence-electron chi connectivity index (χ0n) is 15.5. The molecule has 0 atom stereocenters. The summed E-state index contributed by atoms with van der Waals surface area (Å²) in [6, 6.07) is 12.2. The van der Waals surface area contributed by atoms with Crippen LogP contribution in [0.25, 0.3) is 5.65 Å². The number of aromatic nitrogens is 2. The topological polar surface area (TPSA) is 78.5 Å². The van der Waals surface area contributed by atoms with Crippen molar-refractivity contribution in [3.05, 3.63) is 71.2 Å². The van der Waals surface area contributed by atoms with Gasteiger partial charge >= 0.3 is 0 Å². The van der Waals surface area contributed by atoms with Crippen LogP contribution in [0.5, 0.6) is 0 Å². The normalized spacial score (nSPS) is 14.5. The quantitative estimate of drug-likeness (QED) is 0.660. The highest BCUT2D eigenvalue weighted by Gasteiger charge is 2.19. The van der Waals surface area contributed by atoms with E-state index in [9.17, 15) is 9.59 Å². The number of nitriles is 1. The number of nitrogens with zero attached hydrogens (tertiary/aromatic N) is 4. The van der Waals surface area contributed by atoms with E-state index in [0.29, 0.717) is 28.0 Å². The largest absolute Gasteiger partial charge is 0.339 e. The Labute approximate surface area is 163 Å². The highest BCUT2D eigenvalue weighted by Crippen LogP contribution is 2.17. The highest BCUT2D eigenvalue weighted by molar-refractivity contribution is 6.08. The molecule has 0 bridgehead atoms. The lowest BCUT2D eigenvalue weighted by Gasteiger charge is -2.20. The Bertz CT molecular complexity index is 1070. The molecular formula is C22H20N4O2. The average Bonchev–Trinajstić information content (AvgIpc) is 2.97. The summed E-state index contributed by atoms with van der Waals surface area (Å²) in [6.07, 6.45) is 7.54. The molecule has 6 heteroatoms. The fourth-order valence-electron chi connectivity index (χ4n) is 3.58. The van der Waals surface area contributed by atoms with Gasteiger partial charge in [0.2, 0.25) is 5.78 Å². The van der Waals surface area contributed by atoms with Crippen LogP contribution in [0.15, 0.2) is 48.8 Å². The van der Waals surface area contributed by atoms with Gasteiger partial charge in [-0.2, -0.15) is 5.26 Å². The minimum Gasteiger partial charge on any atom is -0.339 e. The fourth-order valence-corrected chi connectivity index (χ4v) is 3.58. The van der Waals surface area contributed by atoms with Gasteiger partial charge in [0.25, 0.3) is 5.91 Å². The van der Waals surface area contributed by atoms with Gasteiger partial charge in [-0.25, -0.2) is 4.98 Å². The summed E-state index contributed by atoms with van der Waals surface area (Å²) in [6.45, 7) is 1.59. The number of likely N-dealkylation sites (tertiary alicyclic amines) is 1. The van der Waals surface area contributed by atoms with Gasteiger partial charge in [0.15, 0.2) is 0 Å². The van der Waals surface area contributed by atoms with Crippen molar-refractivity contribution < 1.29 is 9.59 Å².